The first-order valence-corrected chi connectivity index (χ1v) is 4.14. The van der Waals surface area contributed by atoms with Gasteiger partial charge in [0.15, 0.2) is 5.82 Å². The van der Waals surface area contributed by atoms with Crippen LogP contribution in [0.25, 0.3) is 11.4 Å². The molecule has 0 aliphatic carbocycles. The van der Waals surface area contributed by atoms with Crippen LogP contribution >= 0.6 is 0 Å². The fraction of sp³-hybridized carbons (Fsp3) is 0. The molecule has 0 spiro atoms. The first-order chi connectivity index (χ1) is 7.09. The van der Waals surface area contributed by atoms with Gasteiger partial charge in [-0.25, -0.2) is 4.68 Å². The maximum absolute atomic E-state index is 9.40. The second-order valence-electron chi connectivity index (χ2n) is 3.03. The Kier molecular flexibility index (Phi) is 1.86. The standard InChI is InChI=1S/C8H10N6O/c9-5-2-1-4(3-6(5)15)7-12-13-8(10)14(7)11/h1-3,15H,9,11H2,(H2,10,13). The van der Waals surface area contributed by atoms with E-state index < -0.39 is 0 Å². The Morgan fingerprint density at radius 3 is 2.47 bits per heavy atom. The van der Waals surface area contributed by atoms with E-state index >= 15 is 0 Å². The van der Waals surface area contributed by atoms with Crippen LogP contribution in [-0.4, -0.2) is 20.0 Å². The Morgan fingerprint density at radius 2 is 1.93 bits per heavy atom. The summed E-state index contributed by atoms with van der Waals surface area (Å²) >= 11 is 0. The van der Waals surface area contributed by atoms with Crippen molar-refractivity contribution in [3.63, 3.8) is 0 Å². The second kappa shape index (κ2) is 3.05. The summed E-state index contributed by atoms with van der Waals surface area (Å²) in [5.41, 5.74) is 11.8. The van der Waals surface area contributed by atoms with Crippen molar-refractivity contribution < 1.29 is 5.11 Å². The smallest absolute Gasteiger partial charge is 0.241 e. The highest BCUT2D eigenvalue weighted by Crippen LogP contribution is 2.26. The van der Waals surface area contributed by atoms with E-state index in [2.05, 4.69) is 10.2 Å². The highest BCUT2D eigenvalue weighted by atomic mass is 16.3. The Balaban J connectivity index is 2.55. The lowest BCUT2D eigenvalue weighted by atomic mass is 10.2. The third-order valence-electron chi connectivity index (χ3n) is 2.01. The SMILES string of the molecule is Nc1ccc(-c2nnc(N)n2N)cc1O. The fourth-order valence-electron chi connectivity index (χ4n) is 1.18. The largest absolute Gasteiger partial charge is 0.506 e. The Hall–Kier alpha value is -2.44. The lowest BCUT2D eigenvalue weighted by molar-refractivity contribution is 0.478. The summed E-state index contributed by atoms with van der Waals surface area (Å²) in [6.07, 6.45) is 0. The monoisotopic (exact) mass is 206 g/mol. The van der Waals surface area contributed by atoms with E-state index in [9.17, 15) is 5.11 Å². The number of hydrogen-bond donors (Lipinski definition) is 4. The quantitative estimate of drug-likeness (QED) is 0.283. The summed E-state index contributed by atoms with van der Waals surface area (Å²) in [4.78, 5) is 0. The number of phenols is 1. The molecule has 7 nitrogen and oxygen atoms in total. The minimum Gasteiger partial charge on any atom is -0.506 e. The molecule has 2 aromatic rings. The van der Waals surface area contributed by atoms with Crippen molar-refractivity contribution in [2.45, 2.75) is 0 Å². The maximum atomic E-state index is 9.40. The van der Waals surface area contributed by atoms with Crippen LogP contribution < -0.4 is 17.3 Å². The molecule has 0 unspecified atom stereocenters. The molecule has 0 atom stereocenters. The van der Waals surface area contributed by atoms with E-state index in [0.29, 0.717) is 11.4 Å². The van der Waals surface area contributed by atoms with Gasteiger partial charge in [-0.2, -0.15) is 0 Å². The molecular formula is C8H10N6O. The molecule has 1 aromatic carbocycles. The zero-order valence-corrected chi connectivity index (χ0v) is 7.75. The van der Waals surface area contributed by atoms with E-state index in [1.54, 1.807) is 12.1 Å². The van der Waals surface area contributed by atoms with Crippen LogP contribution in [0.15, 0.2) is 18.2 Å². The summed E-state index contributed by atoms with van der Waals surface area (Å²) in [6, 6.07) is 4.67. The van der Waals surface area contributed by atoms with Gasteiger partial charge in [0.2, 0.25) is 5.95 Å². The average Bonchev–Trinajstić information content (AvgIpc) is 2.53. The highest BCUT2D eigenvalue weighted by Gasteiger charge is 2.10. The maximum Gasteiger partial charge on any atom is 0.241 e. The van der Waals surface area contributed by atoms with E-state index in [1.165, 1.54) is 6.07 Å². The number of nitrogens with two attached hydrogens (primary N) is 3. The molecule has 7 heteroatoms. The zero-order chi connectivity index (χ0) is 11.0. The van der Waals surface area contributed by atoms with E-state index in [1.807, 2.05) is 0 Å². The predicted molar refractivity (Wildman–Crippen MR) is 56.1 cm³/mol. The lowest BCUT2D eigenvalue weighted by Crippen LogP contribution is -2.13. The summed E-state index contributed by atoms with van der Waals surface area (Å²) in [5, 5.41) is 16.8. The molecule has 1 heterocycles. The van der Waals surface area contributed by atoms with Gasteiger partial charge < -0.3 is 22.4 Å². The van der Waals surface area contributed by atoms with Gasteiger partial charge >= 0.3 is 0 Å². The number of anilines is 2. The summed E-state index contributed by atoms with van der Waals surface area (Å²) in [6.45, 7) is 0. The predicted octanol–water partition coefficient (Wildman–Crippen LogP) is -0.471. The third-order valence-corrected chi connectivity index (χ3v) is 2.01. The molecule has 1 aromatic heterocycles. The van der Waals surface area contributed by atoms with Crippen molar-refractivity contribution in [1.82, 2.24) is 14.9 Å². The number of aromatic nitrogens is 3. The summed E-state index contributed by atoms with van der Waals surface area (Å²) < 4.78 is 1.13. The molecule has 0 aliphatic rings. The lowest BCUT2D eigenvalue weighted by Gasteiger charge is -2.03. The average molecular weight is 206 g/mol. The topological polar surface area (TPSA) is 129 Å². The van der Waals surface area contributed by atoms with Crippen LogP contribution in [0.3, 0.4) is 0 Å². The summed E-state index contributed by atoms with van der Waals surface area (Å²) in [7, 11) is 0. The van der Waals surface area contributed by atoms with Crippen LogP contribution in [-0.2, 0) is 0 Å². The molecule has 78 valence electrons. The number of benzene rings is 1. The minimum atomic E-state index is -0.0333. The Morgan fingerprint density at radius 1 is 1.20 bits per heavy atom. The number of nitrogens with zero attached hydrogens (tertiary/aromatic N) is 3. The van der Waals surface area contributed by atoms with Gasteiger partial charge in [-0.3, -0.25) is 0 Å². The van der Waals surface area contributed by atoms with Gasteiger partial charge in [0, 0.05) is 5.56 Å². The first kappa shape index (κ1) is 9.13. The number of phenolic OH excluding ortho intramolecular Hbond substituents is 1. The number of nitrogen functional groups attached to an aromatic ring is 3. The van der Waals surface area contributed by atoms with Crippen molar-refractivity contribution in [2.75, 3.05) is 17.3 Å². The first-order valence-electron chi connectivity index (χ1n) is 4.14. The van der Waals surface area contributed by atoms with Crippen LogP contribution in [0.1, 0.15) is 0 Å². The molecule has 2 rings (SSSR count). The van der Waals surface area contributed by atoms with Crippen LogP contribution in [0.4, 0.5) is 11.6 Å². The molecule has 0 saturated heterocycles. The van der Waals surface area contributed by atoms with Crippen LogP contribution in [0, 0.1) is 0 Å². The Bertz CT molecular complexity index is 506. The molecule has 0 amide bonds. The van der Waals surface area contributed by atoms with Crippen molar-refractivity contribution in [2.24, 2.45) is 0 Å². The van der Waals surface area contributed by atoms with Crippen molar-refractivity contribution >= 4 is 11.6 Å². The van der Waals surface area contributed by atoms with E-state index in [0.717, 1.165) is 4.68 Å². The molecule has 0 fully saturated rings. The zero-order valence-electron chi connectivity index (χ0n) is 7.75. The van der Waals surface area contributed by atoms with Crippen molar-refractivity contribution in [3.05, 3.63) is 18.2 Å². The van der Waals surface area contributed by atoms with Gasteiger partial charge in [0.25, 0.3) is 0 Å². The number of hydrogen-bond acceptors (Lipinski definition) is 6. The second-order valence-corrected chi connectivity index (χ2v) is 3.03. The van der Waals surface area contributed by atoms with Gasteiger partial charge in [0.05, 0.1) is 5.69 Å². The Labute approximate surface area is 85.1 Å². The molecule has 15 heavy (non-hydrogen) atoms. The van der Waals surface area contributed by atoms with E-state index in [4.69, 9.17) is 17.3 Å². The van der Waals surface area contributed by atoms with Crippen LogP contribution in [0.2, 0.25) is 0 Å². The van der Waals surface area contributed by atoms with Gasteiger partial charge in [-0.05, 0) is 18.2 Å². The highest BCUT2D eigenvalue weighted by molar-refractivity contribution is 5.65. The molecule has 0 radical (unpaired) electrons. The van der Waals surface area contributed by atoms with Gasteiger partial charge in [-0.15, -0.1) is 10.2 Å². The van der Waals surface area contributed by atoms with Crippen LogP contribution in [0.5, 0.6) is 5.75 Å². The van der Waals surface area contributed by atoms with Gasteiger partial charge in [-0.1, -0.05) is 0 Å². The molecule has 7 N–H and O–H groups in total. The van der Waals surface area contributed by atoms with Crippen molar-refractivity contribution in [3.8, 4) is 17.1 Å². The number of rotatable bonds is 1. The fourth-order valence-corrected chi connectivity index (χ4v) is 1.18. The third kappa shape index (κ3) is 1.39. The number of aromatic hydroxyl groups is 1. The summed E-state index contributed by atoms with van der Waals surface area (Å²) in [5.74, 6) is 6.01. The molecular weight excluding hydrogens is 196 g/mol. The molecule has 0 aliphatic heterocycles. The molecule has 0 saturated carbocycles. The normalized spacial score (nSPS) is 10.4. The van der Waals surface area contributed by atoms with E-state index in [-0.39, 0.29) is 17.4 Å². The van der Waals surface area contributed by atoms with Crippen molar-refractivity contribution in [1.29, 1.82) is 0 Å². The minimum absolute atomic E-state index is 0.0333. The van der Waals surface area contributed by atoms with Gasteiger partial charge in [0.1, 0.15) is 5.75 Å². The molecule has 0 bridgehead atoms.